The highest BCUT2D eigenvalue weighted by Gasteiger charge is 2.27. The first kappa shape index (κ1) is 26.1. The minimum absolute atomic E-state index is 0.0173. The lowest BCUT2D eigenvalue weighted by atomic mass is 9.82. The van der Waals surface area contributed by atoms with Gasteiger partial charge in [0.15, 0.2) is 0 Å². The molecular weight excluding hydrogens is 428 g/mol. The summed E-state index contributed by atoms with van der Waals surface area (Å²) in [5.74, 6) is 3.00. The van der Waals surface area contributed by atoms with E-state index in [-0.39, 0.29) is 5.41 Å². The van der Waals surface area contributed by atoms with Crippen molar-refractivity contribution >= 4 is 0 Å². The molecule has 3 aliphatic rings. The van der Waals surface area contributed by atoms with Crippen LogP contribution >= 0.6 is 0 Å². The Balaban J connectivity index is 0.000000165. The zero-order valence-corrected chi connectivity index (χ0v) is 22.9. The van der Waals surface area contributed by atoms with Gasteiger partial charge in [-0.1, -0.05) is 94.7 Å². The van der Waals surface area contributed by atoms with Crippen LogP contribution in [-0.2, 0) is 5.41 Å². The maximum atomic E-state index is 10.6. The minimum atomic E-state index is 0.0173. The molecule has 0 radical (unpaired) electrons. The molecule has 0 heterocycles. The topological polar surface area (TPSA) is 40.5 Å². The molecule has 0 unspecified atom stereocenters. The average molecular weight is 477 g/mol. The fourth-order valence-corrected chi connectivity index (χ4v) is 6.86. The van der Waals surface area contributed by atoms with E-state index in [2.05, 4.69) is 58.9 Å². The van der Waals surface area contributed by atoms with Crippen LogP contribution in [0.5, 0.6) is 11.5 Å². The van der Waals surface area contributed by atoms with Crippen molar-refractivity contribution in [3.8, 4) is 11.5 Å². The lowest BCUT2D eigenvalue weighted by Gasteiger charge is -2.24. The van der Waals surface area contributed by atoms with Gasteiger partial charge in [-0.15, -0.1) is 0 Å². The van der Waals surface area contributed by atoms with Crippen molar-refractivity contribution in [3.05, 3.63) is 57.6 Å². The van der Waals surface area contributed by atoms with Gasteiger partial charge < -0.3 is 10.2 Å². The highest BCUT2D eigenvalue weighted by Crippen LogP contribution is 2.46. The number of hydrogen-bond acceptors (Lipinski definition) is 2. The number of hydrogen-bond donors (Lipinski definition) is 2. The van der Waals surface area contributed by atoms with E-state index in [1.807, 2.05) is 0 Å². The van der Waals surface area contributed by atoms with E-state index in [0.29, 0.717) is 29.3 Å². The Morgan fingerprint density at radius 2 is 0.857 bits per heavy atom. The van der Waals surface area contributed by atoms with Crippen LogP contribution in [0.2, 0.25) is 0 Å². The molecular formula is C33H48O2. The van der Waals surface area contributed by atoms with Crippen LogP contribution in [0.15, 0.2) is 24.3 Å². The van der Waals surface area contributed by atoms with Crippen molar-refractivity contribution in [2.24, 2.45) is 0 Å². The molecule has 2 N–H and O–H groups in total. The summed E-state index contributed by atoms with van der Waals surface area (Å²) in [7, 11) is 0. The summed E-state index contributed by atoms with van der Waals surface area (Å²) in [6.07, 6.45) is 15.5. The maximum absolute atomic E-state index is 10.6. The first-order valence-corrected chi connectivity index (χ1v) is 14.3. The van der Waals surface area contributed by atoms with Crippen LogP contribution in [0, 0.1) is 13.8 Å². The van der Waals surface area contributed by atoms with E-state index in [0.717, 1.165) is 5.56 Å². The quantitative estimate of drug-likeness (QED) is 0.463. The van der Waals surface area contributed by atoms with Gasteiger partial charge in [0.25, 0.3) is 0 Å². The standard InChI is InChI=1S/C17H24O.C16H24O/c1-12-10-15(13-6-2-3-7-13)17(18)16(11-12)14-8-4-5-9-14;1-11-9-13(12-7-5-6-8-12)15(17)14(10-11)16(2,3)4/h10-11,13-14,18H,2-9H2,1H3;9-10,12,17H,5-8H2,1-4H3. The van der Waals surface area contributed by atoms with Gasteiger partial charge in [-0.05, 0) is 97.8 Å². The second kappa shape index (κ2) is 11.0. The zero-order valence-electron chi connectivity index (χ0n) is 22.9. The van der Waals surface area contributed by atoms with E-state index < -0.39 is 0 Å². The highest BCUT2D eigenvalue weighted by molar-refractivity contribution is 5.49. The number of benzene rings is 2. The molecule has 3 aliphatic carbocycles. The van der Waals surface area contributed by atoms with E-state index in [1.54, 1.807) is 0 Å². The number of phenols is 2. The molecule has 0 spiro atoms. The molecule has 3 fully saturated rings. The third-order valence-corrected chi connectivity index (χ3v) is 8.79. The van der Waals surface area contributed by atoms with E-state index >= 15 is 0 Å². The van der Waals surface area contributed by atoms with Crippen molar-refractivity contribution in [3.63, 3.8) is 0 Å². The van der Waals surface area contributed by atoms with Crippen molar-refractivity contribution < 1.29 is 10.2 Å². The highest BCUT2D eigenvalue weighted by atomic mass is 16.3. The largest absolute Gasteiger partial charge is 0.507 e. The molecule has 0 saturated heterocycles. The monoisotopic (exact) mass is 476 g/mol. The average Bonchev–Trinajstić information content (AvgIpc) is 3.59. The second-order valence-corrected chi connectivity index (χ2v) is 12.7. The Morgan fingerprint density at radius 1 is 0.543 bits per heavy atom. The fraction of sp³-hybridized carbons (Fsp3) is 0.636. The van der Waals surface area contributed by atoms with Crippen LogP contribution < -0.4 is 0 Å². The predicted molar refractivity (Wildman–Crippen MR) is 148 cm³/mol. The molecule has 0 aromatic heterocycles. The number of aryl methyl sites for hydroxylation is 2. The van der Waals surface area contributed by atoms with Gasteiger partial charge in [-0.25, -0.2) is 0 Å². The molecule has 2 heteroatoms. The Bertz CT molecular complexity index is 957. The SMILES string of the molecule is Cc1cc(C2CCCC2)c(O)c(C(C)(C)C)c1.Cc1cc(C2CCCC2)c(O)c(C2CCCC2)c1. The Hall–Kier alpha value is -1.96. The lowest BCUT2D eigenvalue weighted by Crippen LogP contribution is -2.13. The van der Waals surface area contributed by atoms with Crippen LogP contribution in [0.25, 0.3) is 0 Å². The van der Waals surface area contributed by atoms with Gasteiger partial charge >= 0.3 is 0 Å². The Labute approximate surface area is 214 Å². The Kier molecular flexibility index (Phi) is 8.19. The fourth-order valence-electron chi connectivity index (χ4n) is 6.86. The van der Waals surface area contributed by atoms with Crippen LogP contribution in [0.4, 0.5) is 0 Å². The van der Waals surface area contributed by atoms with E-state index in [9.17, 15) is 10.2 Å². The van der Waals surface area contributed by atoms with E-state index in [1.165, 1.54) is 105 Å². The zero-order chi connectivity index (χ0) is 25.2. The van der Waals surface area contributed by atoms with Crippen molar-refractivity contribution in [1.29, 1.82) is 0 Å². The van der Waals surface area contributed by atoms with Gasteiger partial charge in [-0.2, -0.15) is 0 Å². The normalized spacial score (nSPS) is 19.8. The summed E-state index contributed by atoms with van der Waals surface area (Å²) in [6.45, 7) is 10.8. The van der Waals surface area contributed by atoms with Gasteiger partial charge in [0.1, 0.15) is 11.5 Å². The number of rotatable bonds is 3. The molecule has 35 heavy (non-hydrogen) atoms. The van der Waals surface area contributed by atoms with E-state index in [4.69, 9.17) is 0 Å². The summed E-state index contributed by atoms with van der Waals surface area (Å²) in [5.41, 5.74) is 7.39. The first-order valence-electron chi connectivity index (χ1n) is 14.3. The molecule has 3 saturated carbocycles. The molecule has 0 amide bonds. The molecule has 192 valence electrons. The summed E-state index contributed by atoms with van der Waals surface area (Å²) in [4.78, 5) is 0. The molecule has 2 aromatic rings. The first-order chi connectivity index (χ1) is 16.6. The van der Waals surface area contributed by atoms with Gasteiger partial charge in [0, 0.05) is 0 Å². The van der Waals surface area contributed by atoms with Crippen molar-refractivity contribution in [2.75, 3.05) is 0 Å². The summed E-state index contributed by atoms with van der Waals surface area (Å²) in [5, 5.41) is 21.1. The minimum Gasteiger partial charge on any atom is -0.507 e. The van der Waals surface area contributed by atoms with Gasteiger partial charge in [-0.3, -0.25) is 0 Å². The van der Waals surface area contributed by atoms with Crippen LogP contribution in [0.1, 0.15) is 149 Å². The molecule has 2 nitrogen and oxygen atoms in total. The van der Waals surface area contributed by atoms with Crippen molar-refractivity contribution in [1.82, 2.24) is 0 Å². The molecule has 0 aliphatic heterocycles. The Morgan fingerprint density at radius 3 is 1.20 bits per heavy atom. The second-order valence-electron chi connectivity index (χ2n) is 12.7. The summed E-state index contributed by atoms with van der Waals surface area (Å²) in [6, 6.07) is 8.77. The lowest BCUT2D eigenvalue weighted by molar-refractivity contribution is 0.434. The molecule has 0 atom stereocenters. The molecule has 0 bridgehead atoms. The third-order valence-electron chi connectivity index (χ3n) is 8.79. The number of aromatic hydroxyl groups is 2. The molecule has 5 rings (SSSR count). The van der Waals surface area contributed by atoms with Gasteiger partial charge in [0.05, 0.1) is 0 Å². The third kappa shape index (κ3) is 6.07. The van der Waals surface area contributed by atoms with Gasteiger partial charge in [0.2, 0.25) is 0 Å². The summed E-state index contributed by atoms with van der Waals surface area (Å²) >= 11 is 0. The van der Waals surface area contributed by atoms with Crippen LogP contribution in [0.3, 0.4) is 0 Å². The molecule has 2 aromatic carbocycles. The number of phenolic OH excluding ortho intramolecular Hbond substituents is 2. The van der Waals surface area contributed by atoms with Crippen LogP contribution in [-0.4, -0.2) is 10.2 Å². The maximum Gasteiger partial charge on any atom is 0.122 e. The summed E-state index contributed by atoms with van der Waals surface area (Å²) < 4.78 is 0. The predicted octanol–water partition coefficient (Wildman–Crippen LogP) is 9.67. The smallest absolute Gasteiger partial charge is 0.122 e. The van der Waals surface area contributed by atoms with Crippen molar-refractivity contribution in [2.45, 2.75) is 135 Å².